The van der Waals surface area contributed by atoms with Gasteiger partial charge in [-0.25, -0.2) is 4.98 Å². The smallest absolute Gasteiger partial charge is 0.231 e. The van der Waals surface area contributed by atoms with Crippen molar-refractivity contribution in [2.75, 3.05) is 0 Å². The minimum Gasteiger partial charge on any atom is -0.438 e. The topological polar surface area (TPSA) is 48.8 Å². The third-order valence-corrected chi connectivity index (χ3v) is 10.2. The first kappa shape index (κ1) is 27.9. The number of hydrogen-bond donors (Lipinski definition) is 0. The maximum absolute atomic E-state index is 6.30. The zero-order chi connectivity index (χ0) is 33.5. The molecule has 11 rings (SSSR count). The van der Waals surface area contributed by atoms with Crippen LogP contribution in [0.15, 0.2) is 174 Å². The lowest BCUT2D eigenvalue weighted by molar-refractivity contribution is 0.653. The lowest BCUT2D eigenvalue weighted by Crippen LogP contribution is -1.96. The molecule has 51 heavy (non-hydrogen) atoms. The van der Waals surface area contributed by atoms with E-state index in [1.807, 2.05) is 36.4 Å². The molecule has 0 radical (unpaired) electrons. The van der Waals surface area contributed by atoms with Crippen molar-refractivity contribution in [1.29, 1.82) is 0 Å². The third kappa shape index (κ3) is 4.09. The zero-order valence-electron chi connectivity index (χ0n) is 27.4. The van der Waals surface area contributed by atoms with Crippen molar-refractivity contribution in [1.82, 2.24) is 19.1 Å². The van der Waals surface area contributed by atoms with Crippen molar-refractivity contribution in [3.63, 3.8) is 0 Å². The fourth-order valence-electron chi connectivity index (χ4n) is 7.95. The first-order valence-electron chi connectivity index (χ1n) is 17.2. The van der Waals surface area contributed by atoms with E-state index in [2.05, 4.69) is 143 Å². The maximum atomic E-state index is 6.30. The Bertz CT molecular complexity index is 3120. The summed E-state index contributed by atoms with van der Waals surface area (Å²) >= 11 is 0. The summed E-state index contributed by atoms with van der Waals surface area (Å²) in [6.07, 6.45) is 0. The van der Waals surface area contributed by atoms with Gasteiger partial charge in [0, 0.05) is 49.4 Å². The zero-order valence-corrected chi connectivity index (χ0v) is 27.4. The van der Waals surface area contributed by atoms with Crippen LogP contribution in [-0.4, -0.2) is 19.1 Å². The summed E-state index contributed by atoms with van der Waals surface area (Å²) in [7, 11) is 0. The van der Waals surface area contributed by atoms with Gasteiger partial charge in [0.25, 0.3) is 0 Å². The molecule has 4 aromatic heterocycles. The van der Waals surface area contributed by atoms with Crippen LogP contribution in [-0.2, 0) is 0 Å². The Morgan fingerprint density at radius 2 is 1.02 bits per heavy atom. The first-order valence-corrected chi connectivity index (χ1v) is 17.2. The predicted molar refractivity (Wildman–Crippen MR) is 209 cm³/mol. The summed E-state index contributed by atoms with van der Waals surface area (Å²) in [5.74, 6) is 0.628. The normalized spacial score (nSPS) is 11.9. The van der Waals surface area contributed by atoms with Crippen LogP contribution in [0.2, 0.25) is 0 Å². The Morgan fingerprint density at radius 1 is 0.392 bits per heavy atom. The lowest BCUT2D eigenvalue weighted by atomic mass is 10.1. The van der Waals surface area contributed by atoms with Crippen molar-refractivity contribution in [3.05, 3.63) is 170 Å². The molecule has 5 nitrogen and oxygen atoms in total. The van der Waals surface area contributed by atoms with Gasteiger partial charge in [0.2, 0.25) is 5.71 Å². The summed E-state index contributed by atoms with van der Waals surface area (Å²) in [6.45, 7) is 0. The van der Waals surface area contributed by atoms with Gasteiger partial charge in [0.05, 0.1) is 33.1 Å². The Kier molecular flexibility index (Phi) is 5.89. The number of nitrogens with zero attached hydrogens (tertiary/aromatic N) is 4. The minimum absolute atomic E-state index is 0.587. The van der Waals surface area contributed by atoms with E-state index in [0.29, 0.717) is 11.5 Å². The van der Waals surface area contributed by atoms with Crippen LogP contribution in [0.25, 0.3) is 99.7 Å². The largest absolute Gasteiger partial charge is 0.438 e. The second-order valence-electron chi connectivity index (χ2n) is 13.0. The molecular weight excluding hydrogens is 625 g/mol. The van der Waals surface area contributed by atoms with E-state index in [1.165, 1.54) is 32.6 Å². The number of aromatic nitrogens is 4. The van der Waals surface area contributed by atoms with E-state index in [9.17, 15) is 0 Å². The van der Waals surface area contributed by atoms with Gasteiger partial charge in [-0.15, -0.1) is 0 Å². The van der Waals surface area contributed by atoms with Crippen LogP contribution >= 0.6 is 0 Å². The quantitative estimate of drug-likeness (QED) is 0.190. The molecule has 0 fully saturated rings. The fourth-order valence-corrected chi connectivity index (χ4v) is 7.95. The molecule has 0 saturated carbocycles. The fraction of sp³-hybridized carbons (Fsp3) is 0. The molecular formula is C46H28N4O. The summed E-state index contributed by atoms with van der Waals surface area (Å²) in [6, 6.07) is 59.6. The van der Waals surface area contributed by atoms with E-state index >= 15 is 0 Å². The number of furan rings is 1. The van der Waals surface area contributed by atoms with E-state index in [4.69, 9.17) is 14.4 Å². The Balaban J connectivity index is 1.13. The molecule has 4 heterocycles. The molecule has 238 valence electrons. The molecule has 0 atom stereocenters. The van der Waals surface area contributed by atoms with E-state index in [0.717, 1.165) is 55.6 Å². The first-order chi connectivity index (χ1) is 25.3. The molecule has 0 saturated heterocycles. The molecule has 0 aliphatic rings. The molecule has 0 unspecified atom stereocenters. The van der Waals surface area contributed by atoms with Gasteiger partial charge >= 0.3 is 0 Å². The van der Waals surface area contributed by atoms with Crippen molar-refractivity contribution in [2.45, 2.75) is 0 Å². The van der Waals surface area contributed by atoms with Gasteiger partial charge in [-0.2, -0.15) is 4.98 Å². The van der Waals surface area contributed by atoms with Crippen LogP contribution in [0, 0.1) is 0 Å². The van der Waals surface area contributed by atoms with Gasteiger partial charge in [0.15, 0.2) is 5.82 Å². The SMILES string of the molecule is c1ccc(-c2nc(-c3ccc(-n4c5ccccc5c5c4ccc4c6ccccc6n(-c6ccccc6)c45)cc3)nc3oc4ccccc4c23)cc1. The molecule has 0 N–H and O–H groups in total. The monoisotopic (exact) mass is 652 g/mol. The maximum Gasteiger partial charge on any atom is 0.231 e. The van der Waals surface area contributed by atoms with E-state index < -0.39 is 0 Å². The summed E-state index contributed by atoms with van der Waals surface area (Å²) in [4.78, 5) is 10.1. The standard InChI is InChI=1S/C46H28N4O/c1-3-13-29(14-4-1)43-42-36-19-9-12-22-40(36)51-46(42)48-45(47-43)30-23-25-32(26-24-30)49-38-21-11-8-18-35(38)41-39(49)28-27-34-33-17-7-10-20-37(33)50(44(34)41)31-15-5-2-6-16-31/h1-28H. The molecule has 0 aliphatic heterocycles. The highest BCUT2D eigenvalue weighted by atomic mass is 16.3. The molecule has 7 aromatic carbocycles. The molecule has 5 heteroatoms. The van der Waals surface area contributed by atoms with Crippen molar-refractivity contribution < 1.29 is 4.42 Å². The molecule has 11 aromatic rings. The molecule has 0 amide bonds. The second kappa shape index (κ2) is 10.8. The van der Waals surface area contributed by atoms with Gasteiger partial charge in [-0.05, 0) is 60.7 Å². The number of fused-ring (bicyclic) bond motifs is 10. The number of rotatable bonds is 4. The minimum atomic E-state index is 0.587. The van der Waals surface area contributed by atoms with Crippen LogP contribution in [0.1, 0.15) is 0 Å². The summed E-state index contributed by atoms with van der Waals surface area (Å²) in [5.41, 5.74) is 11.1. The predicted octanol–water partition coefficient (Wildman–Crippen LogP) is 11.9. The third-order valence-electron chi connectivity index (χ3n) is 10.2. The molecule has 0 aliphatic carbocycles. The Hall–Kier alpha value is -6.98. The van der Waals surface area contributed by atoms with Crippen molar-refractivity contribution in [3.8, 4) is 34.0 Å². The molecule has 0 bridgehead atoms. The van der Waals surface area contributed by atoms with Gasteiger partial charge in [0.1, 0.15) is 5.58 Å². The van der Waals surface area contributed by atoms with Crippen LogP contribution in [0.5, 0.6) is 0 Å². The Labute approximate surface area is 292 Å². The molecule has 0 spiro atoms. The highest BCUT2D eigenvalue weighted by molar-refractivity contribution is 6.26. The van der Waals surface area contributed by atoms with Gasteiger partial charge < -0.3 is 13.6 Å². The average Bonchev–Trinajstić information content (AvgIpc) is 3.86. The highest BCUT2D eigenvalue weighted by Gasteiger charge is 2.21. The lowest BCUT2D eigenvalue weighted by Gasteiger charge is -2.11. The second-order valence-corrected chi connectivity index (χ2v) is 13.0. The highest BCUT2D eigenvalue weighted by Crippen LogP contribution is 2.42. The summed E-state index contributed by atoms with van der Waals surface area (Å²) in [5, 5.41) is 6.89. The summed E-state index contributed by atoms with van der Waals surface area (Å²) < 4.78 is 11.1. The number of hydrogen-bond acceptors (Lipinski definition) is 3. The van der Waals surface area contributed by atoms with Crippen LogP contribution in [0.4, 0.5) is 0 Å². The van der Waals surface area contributed by atoms with Gasteiger partial charge in [-0.3, -0.25) is 0 Å². The van der Waals surface area contributed by atoms with Gasteiger partial charge in [-0.1, -0.05) is 109 Å². The Morgan fingerprint density at radius 3 is 1.80 bits per heavy atom. The number of benzene rings is 7. The van der Waals surface area contributed by atoms with Crippen LogP contribution in [0.3, 0.4) is 0 Å². The van der Waals surface area contributed by atoms with E-state index in [-0.39, 0.29) is 0 Å². The van der Waals surface area contributed by atoms with Crippen molar-refractivity contribution in [2.24, 2.45) is 0 Å². The van der Waals surface area contributed by atoms with Crippen molar-refractivity contribution >= 4 is 65.7 Å². The average molecular weight is 653 g/mol. The van der Waals surface area contributed by atoms with Crippen LogP contribution < -0.4 is 0 Å². The number of para-hydroxylation sites is 4. The van der Waals surface area contributed by atoms with E-state index in [1.54, 1.807) is 0 Å².